The number of carboxylic acids is 1. The Hall–Kier alpha value is -2.49. The molecule has 1 aromatic rings. The van der Waals surface area contributed by atoms with E-state index in [1.54, 1.807) is 0 Å². The summed E-state index contributed by atoms with van der Waals surface area (Å²) < 4.78 is 48.1. The second kappa shape index (κ2) is 9.17. The number of carbonyl (C=O) groups excluding carboxylic acids is 1. The molecule has 1 aromatic carbocycles. The van der Waals surface area contributed by atoms with E-state index in [2.05, 4.69) is 15.7 Å². The standard InChI is InChI=1S/C22H29F3N2O5/c1-14(22(23,24)25)31-20(30)27-8-6-26(7-9-27)13-15-10-17(16-4-5-16)12-18(11-15)32-21(2,3)19(28)29/h10-12,14,16H,4-9,13H2,1-3H3,(H,28,29). The molecule has 0 bridgehead atoms. The molecule has 3 rings (SSSR count). The van der Waals surface area contributed by atoms with Crippen molar-refractivity contribution in [1.82, 2.24) is 9.80 Å². The molecule has 10 heteroatoms. The fraction of sp³-hybridized carbons (Fsp3) is 0.636. The van der Waals surface area contributed by atoms with Crippen molar-refractivity contribution in [1.29, 1.82) is 0 Å². The van der Waals surface area contributed by atoms with Gasteiger partial charge >= 0.3 is 18.2 Å². The fourth-order valence-electron chi connectivity index (χ4n) is 3.47. The lowest BCUT2D eigenvalue weighted by atomic mass is 10.0. The van der Waals surface area contributed by atoms with E-state index in [1.165, 1.54) is 18.7 Å². The molecule has 1 aliphatic carbocycles. The monoisotopic (exact) mass is 458 g/mol. The van der Waals surface area contributed by atoms with Crippen LogP contribution in [0.1, 0.15) is 50.7 Å². The van der Waals surface area contributed by atoms with Gasteiger partial charge in [0.2, 0.25) is 0 Å². The van der Waals surface area contributed by atoms with Gasteiger partial charge in [-0.2, -0.15) is 13.2 Å². The quantitative estimate of drug-likeness (QED) is 0.665. The summed E-state index contributed by atoms with van der Waals surface area (Å²) in [7, 11) is 0. The molecule has 1 N–H and O–H groups in total. The van der Waals surface area contributed by atoms with Crippen LogP contribution in [-0.2, 0) is 16.1 Å². The third-order valence-electron chi connectivity index (χ3n) is 5.70. The summed E-state index contributed by atoms with van der Waals surface area (Å²) in [5.41, 5.74) is 0.716. The minimum atomic E-state index is -4.58. The zero-order valence-corrected chi connectivity index (χ0v) is 18.4. The fourth-order valence-corrected chi connectivity index (χ4v) is 3.47. The molecule has 1 unspecified atom stereocenters. The normalized spacial score (nSPS) is 18.9. The largest absolute Gasteiger partial charge is 0.478 e. The van der Waals surface area contributed by atoms with Gasteiger partial charge in [-0.3, -0.25) is 4.90 Å². The number of carbonyl (C=O) groups is 2. The number of ether oxygens (including phenoxy) is 2. The molecule has 1 saturated carbocycles. The van der Waals surface area contributed by atoms with E-state index in [1.807, 2.05) is 12.1 Å². The first-order valence-corrected chi connectivity index (χ1v) is 10.7. The predicted octanol–water partition coefficient (Wildman–Crippen LogP) is 4.01. The minimum absolute atomic E-state index is 0.265. The number of amides is 1. The summed E-state index contributed by atoms with van der Waals surface area (Å²) >= 11 is 0. The van der Waals surface area contributed by atoms with Crippen LogP contribution in [0.15, 0.2) is 18.2 Å². The Morgan fingerprint density at radius 1 is 1.12 bits per heavy atom. The van der Waals surface area contributed by atoms with Gasteiger partial charge in [-0.25, -0.2) is 9.59 Å². The van der Waals surface area contributed by atoms with Crippen LogP contribution in [0.2, 0.25) is 0 Å². The van der Waals surface area contributed by atoms with Crippen molar-refractivity contribution in [2.24, 2.45) is 0 Å². The topological polar surface area (TPSA) is 79.3 Å². The Kier molecular flexibility index (Phi) is 6.92. The summed E-state index contributed by atoms with van der Waals surface area (Å²) in [6.45, 7) is 5.87. The van der Waals surface area contributed by atoms with Gasteiger partial charge in [-0.05, 0) is 62.8 Å². The average Bonchev–Trinajstić information content (AvgIpc) is 3.52. The van der Waals surface area contributed by atoms with Crippen molar-refractivity contribution >= 4 is 12.1 Å². The molecular weight excluding hydrogens is 429 g/mol. The van der Waals surface area contributed by atoms with Crippen LogP contribution in [0.3, 0.4) is 0 Å². The molecule has 178 valence electrons. The molecule has 0 radical (unpaired) electrons. The van der Waals surface area contributed by atoms with E-state index >= 15 is 0 Å². The van der Waals surface area contributed by atoms with Crippen LogP contribution in [0.4, 0.5) is 18.0 Å². The van der Waals surface area contributed by atoms with Crippen molar-refractivity contribution in [2.75, 3.05) is 26.2 Å². The first kappa shape index (κ1) is 24.2. The molecule has 1 saturated heterocycles. The summed E-state index contributed by atoms with van der Waals surface area (Å²) in [5, 5.41) is 9.35. The maximum Gasteiger partial charge on any atom is 0.425 e. The molecule has 1 heterocycles. The molecule has 1 atom stereocenters. The van der Waals surface area contributed by atoms with Crippen molar-refractivity contribution < 1.29 is 37.3 Å². The van der Waals surface area contributed by atoms with E-state index in [-0.39, 0.29) is 13.1 Å². The third kappa shape index (κ3) is 6.27. The molecule has 2 fully saturated rings. The zero-order valence-electron chi connectivity index (χ0n) is 18.4. The first-order chi connectivity index (χ1) is 14.8. The van der Waals surface area contributed by atoms with E-state index in [0.717, 1.165) is 30.9 Å². The van der Waals surface area contributed by atoms with Crippen molar-refractivity contribution in [3.63, 3.8) is 0 Å². The van der Waals surface area contributed by atoms with Crippen LogP contribution in [0.25, 0.3) is 0 Å². The number of halogens is 3. The molecule has 0 spiro atoms. The lowest BCUT2D eigenvalue weighted by Crippen LogP contribution is -2.49. The maximum absolute atomic E-state index is 12.6. The summed E-state index contributed by atoms with van der Waals surface area (Å²) in [4.78, 5) is 26.8. The Morgan fingerprint density at radius 2 is 1.75 bits per heavy atom. The molecule has 0 aromatic heterocycles. The van der Waals surface area contributed by atoms with E-state index < -0.39 is 29.9 Å². The summed E-state index contributed by atoms with van der Waals surface area (Å²) in [5.74, 6) is -0.105. The number of nitrogens with zero attached hydrogens (tertiary/aromatic N) is 2. The van der Waals surface area contributed by atoms with Crippen LogP contribution < -0.4 is 4.74 Å². The zero-order chi connectivity index (χ0) is 23.7. The number of carboxylic acid groups (broad SMARTS) is 1. The number of aliphatic carboxylic acids is 1. The Morgan fingerprint density at radius 3 is 2.28 bits per heavy atom. The number of alkyl halides is 3. The minimum Gasteiger partial charge on any atom is -0.478 e. The van der Waals surface area contributed by atoms with E-state index in [9.17, 15) is 27.9 Å². The molecule has 7 nitrogen and oxygen atoms in total. The lowest BCUT2D eigenvalue weighted by Gasteiger charge is -2.35. The number of piperazine rings is 1. The van der Waals surface area contributed by atoms with Crippen molar-refractivity contribution in [2.45, 2.75) is 64.0 Å². The first-order valence-electron chi connectivity index (χ1n) is 10.7. The van der Waals surface area contributed by atoms with E-state index in [4.69, 9.17) is 4.74 Å². The van der Waals surface area contributed by atoms with Crippen LogP contribution >= 0.6 is 0 Å². The molecule has 32 heavy (non-hydrogen) atoms. The highest BCUT2D eigenvalue weighted by atomic mass is 19.4. The van der Waals surface area contributed by atoms with Gasteiger partial charge in [0.15, 0.2) is 11.7 Å². The van der Waals surface area contributed by atoms with Gasteiger partial charge in [0.05, 0.1) is 0 Å². The number of rotatable bonds is 7. The van der Waals surface area contributed by atoms with Gasteiger partial charge in [-0.15, -0.1) is 0 Å². The summed E-state index contributed by atoms with van der Waals surface area (Å²) in [6.07, 6.45) is -5.52. The Balaban J connectivity index is 1.61. The predicted molar refractivity (Wildman–Crippen MR) is 110 cm³/mol. The van der Waals surface area contributed by atoms with Gasteiger partial charge < -0.3 is 19.5 Å². The highest BCUT2D eigenvalue weighted by Crippen LogP contribution is 2.42. The molecular formula is C22H29F3N2O5. The second-order valence-electron chi connectivity index (χ2n) is 8.93. The highest BCUT2D eigenvalue weighted by Gasteiger charge is 2.40. The van der Waals surface area contributed by atoms with Gasteiger partial charge in [0.1, 0.15) is 5.75 Å². The van der Waals surface area contributed by atoms with Gasteiger partial charge in [-0.1, -0.05) is 6.07 Å². The Labute approximate surface area is 185 Å². The number of hydrogen-bond donors (Lipinski definition) is 1. The molecule has 2 aliphatic rings. The lowest BCUT2D eigenvalue weighted by molar-refractivity contribution is -0.200. The van der Waals surface area contributed by atoms with Crippen LogP contribution in [0, 0.1) is 0 Å². The van der Waals surface area contributed by atoms with Crippen molar-refractivity contribution in [3.8, 4) is 5.75 Å². The van der Waals surface area contributed by atoms with Gasteiger partial charge in [0, 0.05) is 32.7 Å². The van der Waals surface area contributed by atoms with E-state index in [0.29, 0.717) is 31.3 Å². The average molecular weight is 458 g/mol. The number of benzene rings is 1. The second-order valence-corrected chi connectivity index (χ2v) is 8.93. The number of hydrogen-bond acceptors (Lipinski definition) is 5. The van der Waals surface area contributed by atoms with Gasteiger partial charge in [0.25, 0.3) is 0 Å². The molecule has 1 aliphatic heterocycles. The third-order valence-corrected chi connectivity index (χ3v) is 5.70. The summed E-state index contributed by atoms with van der Waals surface area (Å²) in [6, 6.07) is 5.80. The van der Waals surface area contributed by atoms with Crippen LogP contribution in [-0.4, -0.2) is 71.0 Å². The Bertz CT molecular complexity index is 846. The van der Waals surface area contributed by atoms with Crippen LogP contribution in [0.5, 0.6) is 5.75 Å². The highest BCUT2D eigenvalue weighted by molar-refractivity contribution is 5.76. The SMILES string of the molecule is CC(OC(=O)N1CCN(Cc2cc(OC(C)(C)C(=O)O)cc(C3CC3)c2)CC1)C(F)(F)F. The smallest absolute Gasteiger partial charge is 0.425 e. The maximum atomic E-state index is 12.6. The molecule has 1 amide bonds. The van der Waals surface area contributed by atoms with Crippen molar-refractivity contribution in [3.05, 3.63) is 29.3 Å².